The Hall–Kier alpha value is -0.910. The molecule has 0 aliphatic rings. The molecule has 1 unspecified atom stereocenters. The van der Waals surface area contributed by atoms with Gasteiger partial charge in [0.1, 0.15) is 0 Å². The van der Waals surface area contributed by atoms with Crippen LogP contribution in [0.15, 0.2) is 35.2 Å². The number of hydrogen-bond acceptors (Lipinski definition) is 3. The number of sulfonamides is 1. The van der Waals surface area contributed by atoms with E-state index in [0.29, 0.717) is 6.42 Å². The Labute approximate surface area is 103 Å². The molecule has 0 saturated carbocycles. The van der Waals surface area contributed by atoms with E-state index >= 15 is 0 Å². The van der Waals surface area contributed by atoms with E-state index < -0.39 is 16.1 Å². The van der Waals surface area contributed by atoms with Crippen molar-refractivity contribution in [1.29, 1.82) is 0 Å². The molecule has 0 amide bonds. The molecular weight excluding hydrogens is 238 g/mol. The molecule has 0 aliphatic carbocycles. The zero-order chi connectivity index (χ0) is 12.9. The molecule has 4 nitrogen and oxygen atoms in total. The highest BCUT2D eigenvalue weighted by atomic mass is 32.2. The summed E-state index contributed by atoms with van der Waals surface area (Å²) in [6, 6.07) is 8.21. The summed E-state index contributed by atoms with van der Waals surface area (Å²) in [5.41, 5.74) is 0. The average molecular weight is 257 g/mol. The van der Waals surface area contributed by atoms with Crippen LogP contribution in [0.4, 0.5) is 0 Å². The van der Waals surface area contributed by atoms with Gasteiger partial charge in [0.25, 0.3) is 0 Å². The van der Waals surface area contributed by atoms with Gasteiger partial charge in [-0.2, -0.15) is 0 Å². The molecule has 0 aromatic heterocycles. The molecule has 1 aromatic rings. The Morgan fingerprint density at radius 3 is 2.35 bits per heavy atom. The number of aliphatic hydroxyl groups excluding tert-OH is 1. The number of hydrogen-bond donors (Lipinski definition) is 2. The van der Waals surface area contributed by atoms with Crippen molar-refractivity contribution in [3.63, 3.8) is 0 Å². The summed E-state index contributed by atoms with van der Waals surface area (Å²) >= 11 is 0. The van der Waals surface area contributed by atoms with Crippen molar-refractivity contribution < 1.29 is 13.5 Å². The average Bonchev–Trinajstić information content (AvgIpc) is 2.29. The SMILES string of the molecule is CC(C)C(O)CCNS(=O)(=O)c1ccccc1. The van der Waals surface area contributed by atoms with E-state index in [9.17, 15) is 13.5 Å². The van der Waals surface area contributed by atoms with E-state index in [-0.39, 0.29) is 17.4 Å². The van der Waals surface area contributed by atoms with Gasteiger partial charge in [-0.25, -0.2) is 13.1 Å². The maximum atomic E-state index is 11.8. The Bertz CT molecular complexity index is 428. The molecule has 1 rings (SSSR count). The Kier molecular flexibility index (Phi) is 5.11. The number of rotatable bonds is 6. The van der Waals surface area contributed by atoms with Gasteiger partial charge in [-0.1, -0.05) is 32.0 Å². The summed E-state index contributed by atoms with van der Waals surface area (Å²) in [6.45, 7) is 4.04. The third kappa shape index (κ3) is 4.46. The molecule has 96 valence electrons. The molecule has 0 aliphatic heterocycles. The van der Waals surface area contributed by atoms with Gasteiger partial charge in [-0.3, -0.25) is 0 Å². The lowest BCUT2D eigenvalue weighted by molar-refractivity contribution is 0.118. The second-order valence-electron chi connectivity index (χ2n) is 4.31. The van der Waals surface area contributed by atoms with Crippen LogP contribution in [0.1, 0.15) is 20.3 Å². The Morgan fingerprint density at radius 1 is 1.24 bits per heavy atom. The van der Waals surface area contributed by atoms with Crippen LogP contribution in [-0.4, -0.2) is 26.2 Å². The molecule has 2 N–H and O–H groups in total. The minimum Gasteiger partial charge on any atom is -0.393 e. The normalized spacial score (nSPS) is 13.9. The van der Waals surface area contributed by atoms with E-state index in [1.54, 1.807) is 30.3 Å². The highest BCUT2D eigenvalue weighted by Crippen LogP contribution is 2.08. The van der Waals surface area contributed by atoms with Crippen molar-refractivity contribution in [3.05, 3.63) is 30.3 Å². The minimum absolute atomic E-state index is 0.135. The summed E-state index contributed by atoms with van der Waals surface area (Å²) in [4.78, 5) is 0.249. The van der Waals surface area contributed by atoms with Crippen LogP contribution >= 0.6 is 0 Å². The molecule has 1 aromatic carbocycles. The van der Waals surface area contributed by atoms with Crippen molar-refractivity contribution in [2.75, 3.05) is 6.54 Å². The van der Waals surface area contributed by atoms with Gasteiger partial charge < -0.3 is 5.11 Å². The molecule has 0 fully saturated rings. The van der Waals surface area contributed by atoms with Crippen LogP contribution in [0.25, 0.3) is 0 Å². The monoisotopic (exact) mass is 257 g/mol. The molecular formula is C12H19NO3S. The van der Waals surface area contributed by atoms with Gasteiger partial charge in [0, 0.05) is 6.54 Å². The van der Waals surface area contributed by atoms with E-state index in [2.05, 4.69) is 4.72 Å². The van der Waals surface area contributed by atoms with E-state index in [4.69, 9.17) is 0 Å². The fourth-order valence-corrected chi connectivity index (χ4v) is 2.43. The molecule has 0 radical (unpaired) electrons. The summed E-state index contributed by atoms with van der Waals surface area (Å²) in [5.74, 6) is 0.135. The first kappa shape index (κ1) is 14.2. The third-order valence-electron chi connectivity index (χ3n) is 2.56. The van der Waals surface area contributed by atoms with Crippen molar-refractivity contribution in [1.82, 2.24) is 4.72 Å². The quantitative estimate of drug-likeness (QED) is 0.809. The topological polar surface area (TPSA) is 66.4 Å². The summed E-state index contributed by atoms with van der Waals surface area (Å²) in [6.07, 6.45) is -0.0579. The highest BCUT2D eigenvalue weighted by Gasteiger charge is 2.14. The van der Waals surface area contributed by atoms with Gasteiger partial charge >= 0.3 is 0 Å². The van der Waals surface area contributed by atoms with Crippen molar-refractivity contribution in [3.8, 4) is 0 Å². The Balaban J connectivity index is 2.52. The summed E-state index contributed by atoms with van der Waals surface area (Å²) < 4.78 is 26.1. The van der Waals surface area contributed by atoms with Gasteiger partial charge in [0.2, 0.25) is 10.0 Å². The lowest BCUT2D eigenvalue weighted by Crippen LogP contribution is -2.28. The molecule has 1 atom stereocenters. The molecule has 5 heteroatoms. The smallest absolute Gasteiger partial charge is 0.240 e. The summed E-state index contributed by atoms with van der Waals surface area (Å²) in [7, 11) is -3.44. The molecule has 0 bridgehead atoms. The van der Waals surface area contributed by atoms with Crippen LogP contribution < -0.4 is 4.72 Å². The lowest BCUT2D eigenvalue weighted by Gasteiger charge is -2.14. The van der Waals surface area contributed by atoms with Crippen LogP contribution in [0.3, 0.4) is 0 Å². The predicted octanol–water partition coefficient (Wildman–Crippen LogP) is 1.37. The van der Waals surface area contributed by atoms with Crippen LogP contribution in [0, 0.1) is 5.92 Å². The Morgan fingerprint density at radius 2 is 1.82 bits per heavy atom. The first-order chi connectivity index (χ1) is 7.93. The molecule has 0 saturated heterocycles. The highest BCUT2D eigenvalue weighted by molar-refractivity contribution is 7.89. The zero-order valence-corrected chi connectivity index (χ0v) is 10.9. The van der Waals surface area contributed by atoms with Crippen LogP contribution in [0.5, 0.6) is 0 Å². The van der Waals surface area contributed by atoms with E-state index in [1.165, 1.54) is 0 Å². The van der Waals surface area contributed by atoms with Crippen LogP contribution in [-0.2, 0) is 10.0 Å². The zero-order valence-electron chi connectivity index (χ0n) is 10.1. The van der Waals surface area contributed by atoms with E-state index in [0.717, 1.165) is 0 Å². The fraction of sp³-hybridized carbons (Fsp3) is 0.500. The fourth-order valence-electron chi connectivity index (χ4n) is 1.36. The second kappa shape index (κ2) is 6.14. The van der Waals surface area contributed by atoms with Gasteiger partial charge in [0.15, 0.2) is 0 Å². The van der Waals surface area contributed by atoms with Crippen molar-refractivity contribution in [2.45, 2.75) is 31.3 Å². The first-order valence-corrected chi connectivity index (χ1v) is 7.14. The number of aliphatic hydroxyl groups is 1. The van der Waals surface area contributed by atoms with Crippen LogP contribution in [0.2, 0.25) is 0 Å². The first-order valence-electron chi connectivity index (χ1n) is 5.66. The van der Waals surface area contributed by atoms with E-state index in [1.807, 2.05) is 13.8 Å². The van der Waals surface area contributed by atoms with Crippen molar-refractivity contribution >= 4 is 10.0 Å². The van der Waals surface area contributed by atoms with Gasteiger partial charge in [0.05, 0.1) is 11.0 Å². The third-order valence-corrected chi connectivity index (χ3v) is 4.03. The maximum absolute atomic E-state index is 11.8. The molecule has 0 heterocycles. The largest absolute Gasteiger partial charge is 0.393 e. The van der Waals surface area contributed by atoms with Gasteiger partial charge in [-0.15, -0.1) is 0 Å². The molecule has 17 heavy (non-hydrogen) atoms. The minimum atomic E-state index is -3.44. The predicted molar refractivity (Wildman–Crippen MR) is 67.1 cm³/mol. The standard InChI is InChI=1S/C12H19NO3S/c1-10(2)12(14)8-9-13-17(15,16)11-6-4-3-5-7-11/h3-7,10,12-14H,8-9H2,1-2H3. The summed E-state index contributed by atoms with van der Waals surface area (Å²) in [5, 5.41) is 9.56. The number of benzene rings is 1. The lowest BCUT2D eigenvalue weighted by atomic mass is 10.1. The second-order valence-corrected chi connectivity index (χ2v) is 6.08. The maximum Gasteiger partial charge on any atom is 0.240 e. The van der Waals surface area contributed by atoms with Gasteiger partial charge in [-0.05, 0) is 24.5 Å². The molecule has 0 spiro atoms. The van der Waals surface area contributed by atoms with Crippen molar-refractivity contribution in [2.24, 2.45) is 5.92 Å². The number of nitrogens with one attached hydrogen (secondary N) is 1.